The molecule has 136 valence electrons. The topological polar surface area (TPSA) is 150 Å². The van der Waals surface area contributed by atoms with Crippen molar-refractivity contribution in [3.63, 3.8) is 0 Å². The van der Waals surface area contributed by atoms with E-state index in [0.717, 1.165) is 0 Å². The SMILES string of the molecule is Nc1nc(Cl)c(C#Cc2cncnc2)c(N[C@@H]2C[C@H](CO)[C@@H](O)[C@H]2O)n1. The maximum atomic E-state index is 10.2. The van der Waals surface area contributed by atoms with Crippen molar-refractivity contribution < 1.29 is 15.3 Å². The second-order valence-corrected chi connectivity index (χ2v) is 6.24. The summed E-state index contributed by atoms with van der Waals surface area (Å²) >= 11 is 6.15. The number of halogens is 1. The largest absolute Gasteiger partial charge is 0.396 e. The molecule has 0 saturated heterocycles. The van der Waals surface area contributed by atoms with Gasteiger partial charge in [0.15, 0.2) is 5.15 Å². The third-order valence-corrected chi connectivity index (χ3v) is 4.41. The Kier molecular flexibility index (Phi) is 5.49. The third kappa shape index (κ3) is 3.84. The molecule has 4 atom stereocenters. The quantitative estimate of drug-likeness (QED) is 0.350. The Hall–Kier alpha value is -2.51. The summed E-state index contributed by atoms with van der Waals surface area (Å²) in [6.07, 6.45) is 2.71. The molecule has 26 heavy (non-hydrogen) atoms. The number of aromatic nitrogens is 4. The molecular weight excluding hydrogens is 360 g/mol. The molecule has 3 rings (SSSR count). The Balaban J connectivity index is 1.91. The van der Waals surface area contributed by atoms with Crippen LogP contribution in [0.15, 0.2) is 18.7 Å². The van der Waals surface area contributed by atoms with Gasteiger partial charge in [0, 0.05) is 24.9 Å². The van der Waals surface area contributed by atoms with E-state index in [1.165, 1.54) is 6.33 Å². The fraction of sp³-hybridized carbons (Fsp3) is 0.375. The summed E-state index contributed by atoms with van der Waals surface area (Å²) in [4.78, 5) is 15.7. The number of nitrogens with zero attached hydrogens (tertiary/aromatic N) is 4. The van der Waals surface area contributed by atoms with Crippen LogP contribution in [0.4, 0.5) is 11.8 Å². The van der Waals surface area contributed by atoms with Crippen molar-refractivity contribution >= 4 is 23.4 Å². The lowest BCUT2D eigenvalue weighted by molar-refractivity contribution is 0.00445. The average Bonchev–Trinajstić information content (AvgIpc) is 2.89. The van der Waals surface area contributed by atoms with Crippen molar-refractivity contribution in [1.29, 1.82) is 0 Å². The van der Waals surface area contributed by atoms with Crippen molar-refractivity contribution in [3.8, 4) is 11.8 Å². The smallest absolute Gasteiger partial charge is 0.223 e. The zero-order valence-corrected chi connectivity index (χ0v) is 14.3. The van der Waals surface area contributed by atoms with Gasteiger partial charge in [-0.3, -0.25) is 0 Å². The van der Waals surface area contributed by atoms with Crippen LogP contribution in [-0.4, -0.2) is 60.1 Å². The molecule has 1 saturated carbocycles. The monoisotopic (exact) mass is 376 g/mol. The van der Waals surface area contributed by atoms with E-state index in [4.69, 9.17) is 17.3 Å². The van der Waals surface area contributed by atoms with Crippen LogP contribution in [0.25, 0.3) is 0 Å². The molecule has 2 heterocycles. The van der Waals surface area contributed by atoms with Crippen LogP contribution in [-0.2, 0) is 0 Å². The number of aliphatic hydroxyl groups is 3. The van der Waals surface area contributed by atoms with Crippen molar-refractivity contribution in [2.75, 3.05) is 17.7 Å². The first kappa shape index (κ1) is 18.3. The van der Waals surface area contributed by atoms with Gasteiger partial charge in [0.25, 0.3) is 0 Å². The fourth-order valence-electron chi connectivity index (χ4n) is 2.79. The van der Waals surface area contributed by atoms with E-state index in [9.17, 15) is 15.3 Å². The molecule has 2 aromatic heterocycles. The Morgan fingerprint density at radius 1 is 1.19 bits per heavy atom. The van der Waals surface area contributed by atoms with Gasteiger partial charge in [-0.05, 0) is 6.42 Å². The molecule has 2 aromatic rings. The maximum Gasteiger partial charge on any atom is 0.223 e. The fourth-order valence-corrected chi connectivity index (χ4v) is 3.01. The predicted octanol–water partition coefficient (Wildman–Crippen LogP) is -0.584. The normalized spacial score (nSPS) is 24.8. The van der Waals surface area contributed by atoms with E-state index < -0.39 is 24.2 Å². The van der Waals surface area contributed by atoms with Gasteiger partial charge >= 0.3 is 0 Å². The Morgan fingerprint density at radius 2 is 1.92 bits per heavy atom. The number of aliphatic hydroxyl groups excluding tert-OH is 3. The zero-order chi connectivity index (χ0) is 18.7. The molecule has 1 aliphatic carbocycles. The van der Waals surface area contributed by atoms with Gasteiger partial charge in [0.05, 0.1) is 17.7 Å². The Morgan fingerprint density at radius 3 is 2.58 bits per heavy atom. The van der Waals surface area contributed by atoms with Gasteiger partial charge in [-0.1, -0.05) is 23.4 Å². The number of hydrogen-bond acceptors (Lipinski definition) is 9. The molecule has 0 spiro atoms. The summed E-state index contributed by atoms with van der Waals surface area (Å²) < 4.78 is 0. The molecule has 0 amide bonds. The molecule has 9 nitrogen and oxygen atoms in total. The number of rotatable bonds is 3. The molecule has 0 unspecified atom stereocenters. The summed E-state index contributed by atoms with van der Waals surface area (Å²) in [6.45, 7) is -0.232. The number of hydrogen-bond donors (Lipinski definition) is 5. The summed E-state index contributed by atoms with van der Waals surface area (Å²) in [5, 5.41) is 32.5. The highest BCUT2D eigenvalue weighted by molar-refractivity contribution is 6.31. The van der Waals surface area contributed by atoms with Crippen LogP contribution in [0.5, 0.6) is 0 Å². The average molecular weight is 377 g/mol. The lowest BCUT2D eigenvalue weighted by Crippen LogP contribution is -2.35. The van der Waals surface area contributed by atoms with Gasteiger partial charge < -0.3 is 26.4 Å². The molecular formula is C16H17ClN6O3. The van der Waals surface area contributed by atoms with Crippen LogP contribution in [0.2, 0.25) is 5.15 Å². The second-order valence-electron chi connectivity index (χ2n) is 5.88. The van der Waals surface area contributed by atoms with Crippen LogP contribution in [0.1, 0.15) is 17.5 Å². The van der Waals surface area contributed by atoms with Gasteiger partial charge in [-0.25, -0.2) is 9.97 Å². The lowest BCUT2D eigenvalue weighted by Gasteiger charge is -2.19. The zero-order valence-electron chi connectivity index (χ0n) is 13.5. The number of nitrogens with one attached hydrogen (secondary N) is 1. The molecule has 0 radical (unpaired) electrons. The lowest BCUT2D eigenvalue weighted by atomic mass is 10.1. The number of nitrogen functional groups attached to an aromatic ring is 1. The van der Waals surface area contributed by atoms with Crippen LogP contribution < -0.4 is 11.1 Å². The van der Waals surface area contributed by atoms with E-state index in [0.29, 0.717) is 17.5 Å². The third-order valence-electron chi connectivity index (χ3n) is 4.13. The van der Waals surface area contributed by atoms with Crippen LogP contribution in [0, 0.1) is 17.8 Å². The minimum atomic E-state index is -1.08. The van der Waals surface area contributed by atoms with E-state index in [2.05, 4.69) is 37.1 Å². The van der Waals surface area contributed by atoms with Crippen molar-refractivity contribution in [1.82, 2.24) is 19.9 Å². The molecule has 0 aromatic carbocycles. The standard InChI is InChI=1S/C16H17ClN6O3/c17-14-10(2-1-8-4-19-7-20-5-8)15(23-16(18)22-14)21-11-3-9(6-24)12(25)13(11)26/h4-5,7,9,11-13,24-26H,3,6H2,(H3,18,21,22,23)/t9-,11-,12-,13+/m1/s1. The highest BCUT2D eigenvalue weighted by atomic mass is 35.5. The Bertz CT molecular complexity index is 841. The van der Waals surface area contributed by atoms with Crippen molar-refractivity contribution in [3.05, 3.63) is 35.0 Å². The summed E-state index contributed by atoms with van der Waals surface area (Å²) in [7, 11) is 0. The van der Waals surface area contributed by atoms with E-state index in [-0.39, 0.29) is 23.5 Å². The van der Waals surface area contributed by atoms with Crippen LogP contribution in [0.3, 0.4) is 0 Å². The summed E-state index contributed by atoms with van der Waals surface area (Å²) in [5.74, 6) is 5.45. The minimum absolute atomic E-state index is 0.0519. The molecule has 6 N–H and O–H groups in total. The van der Waals surface area contributed by atoms with E-state index in [1.807, 2.05) is 0 Å². The van der Waals surface area contributed by atoms with E-state index in [1.54, 1.807) is 12.4 Å². The van der Waals surface area contributed by atoms with E-state index >= 15 is 0 Å². The molecule has 10 heteroatoms. The molecule has 1 aliphatic rings. The number of anilines is 2. The first-order chi connectivity index (χ1) is 12.5. The maximum absolute atomic E-state index is 10.2. The van der Waals surface area contributed by atoms with Gasteiger partial charge in [0.2, 0.25) is 5.95 Å². The van der Waals surface area contributed by atoms with Gasteiger partial charge in [-0.2, -0.15) is 9.97 Å². The molecule has 1 fully saturated rings. The minimum Gasteiger partial charge on any atom is -0.396 e. The first-order valence-corrected chi connectivity index (χ1v) is 8.21. The highest BCUT2D eigenvalue weighted by Crippen LogP contribution is 2.30. The predicted molar refractivity (Wildman–Crippen MR) is 94.1 cm³/mol. The number of nitrogens with two attached hydrogens (primary N) is 1. The first-order valence-electron chi connectivity index (χ1n) is 7.83. The summed E-state index contributed by atoms with van der Waals surface area (Å²) in [6, 6.07) is -0.548. The highest BCUT2D eigenvalue weighted by Gasteiger charge is 2.41. The van der Waals surface area contributed by atoms with Gasteiger partial charge in [0.1, 0.15) is 23.8 Å². The molecule has 0 aliphatic heterocycles. The summed E-state index contributed by atoms with van der Waals surface area (Å²) in [5.41, 5.74) is 6.52. The molecule has 0 bridgehead atoms. The Labute approximate surface area is 154 Å². The van der Waals surface area contributed by atoms with Gasteiger partial charge in [-0.15, -0.1) is 0 Å². The van der Waals surface area contributed by atoms with Crippen LogP contribution >= 0.6 is 11.6 Å². The van der Waals surface area contributed by atoms with Crippen molar-refractivity contribution in [2.45, 2.75) is 24.7 Å². The van der Waals surface area contributed by atoms with Crippen molar-refractivity contribution in [2.24, 2.45) is 5.92 Å². The second kappa shape index (κ2) is 7.80.